The molecule has 1 aromatic rings. The molecule has 0 saturated carbocycles. The van der Waals surface area contributed by atoms with E-state index in [1.807, 2.05) is 0 Å². The third-order valence-electron chi connectivity index (χ3n) is 3.67. The van der Waals surface area contributed by atoms with Crippen molar-refractivity contribution in [2.75, 3.05) is 33.4 Å². The number of carbonyl (C=O) groups excluding carboxylic acids is 3. The highest BCUT2D eigenvalue weighted by atomic mass is 16.5. The van der Waals surface area contributed by atoms with Crippen molar-refractivity contribution in [3.63, 3.8) is 0 Å². The number of hydrogen-bond donors (Lipinski definition) is 1. The Morgan fingerprint density at radius 3 is 2.25 bits per heavy atom. The molecule has 0 radical (unpaired) electrons. The van der Waals surface area contributed by atoms with Gasteiger partial charge in [-0.1, -0.05) is 12.1 Å². The summed E-state index contributed by atoms with van der Waals surface area (Å²) in [4.78, 5) is 49.6. The van der Waals surface area contributed by atoms with Crippen LogP contribution in [-0.4, -0.2) is 71.9 Å². The molecule has 0 saturated heterocycles. The number of fused-ring (bicyclic) bond motifs is 1. The number of ether oxygens (including phenoxy) is 1. The molecule has 1 aliphatic heterocycles. The highest BCUT2D eigenvalue weighted by Gasteiger charge is 2.35. The van der Waals surface area contributed by atoms with Gasteiger partial charge in [-0.25, -0.2) is 0 Å². The van der Waals surface area contributed by atoms with Gasteiger partial charge in [0.05, 0.1) is 17.7 Å². The van der Waals surface area contributed by atoms with E-state index in [0.717, 1.165) is 9.80 Å². The van der Waals surface area contributed by atoms with E-state index in [2.05, 4.69) is 0 Å². The Morgan fingerprint density at radius 1 is 1.17 bits per heavy atom. The molecule has 0 aromatic heterocycles. The molecule has 8 nitrogen and oxygen atoms in total. The minimum absolute atomic E-state index is 0.0890. The number of aliphatic carboxylic acids is 1. The minimum Gasteiger partial charge on any atom is -0.480 e. The maximum Gasteiger partial charge on any atom is 0.323 e. The molecule has 1 aromatic carbocycles. The van der Waals surface area contributed by atoms with Gasteiger partial charge in [-0.2, -0.15) is 0 Å². The summed E-state index contributed by atoms with van der Waals surface area (Å²) in [7, 11) is 1.45. The van der Waals surface area contributed by atoms with Crippen LogP contribution in [0.25, 0.3) is 0 Å². The first kappa shape index (κ1) is 17.6. The van der Waals surface area contributed by atoms with E-state index in [-0.39, 0.29) is 26.1 Å². The molecule has 0 unspecified atom stereocenters. The SMILES string of the molecule is COCCN(CC(=O)O)C(=O)CCN1C(=O)c2ccccc2C1=O. The van der Waals surface area contributed by atoms with Crippen molar-refractivity contribution in [2.24, 2.45) is 0 Å². The maximum absolute atomic E-state index is 12.2. The quantitative estimate of drug-likeness (QED) is 0.683. The third kappa shape index (κ3) is 3.77. The van der Waals surface area contributed by atoms with Crippen molar-refractivity contribution in [1.29, 1.82) is 0 Å². The number of carboxylic acids is 1. The standard InChI is InChI=1S/C16H18N2O6/c1-24-9-8-17(10-14(20)21)13(19)6-7-18-15(22)11-4-2-3-5-12(11)16(18)23/h2-5H,6-10H2,1H3,(H,20,21). The molecular weight excluding hydrogens is 316 g/mol. The van der Waals surface area contributed by atoms with Gasteiger partial charge >= 0.3 is 5.97 Å². The molecule has 3 amide bonds. The molecule has 8 heteroatoms. The van der Waals surface area contributed by atoms with Gasteiger partial charge in [-0.3, -0.25) is 24.1 Å². The lowest BCUT2D eigenvalue weighted by atomic mass is 10.1. The Kier molecular flexibility index (Phi) is 5.64. The number of amides is 3. The van der Waals surface area contributed by atoms with Gasteiger partial charge in [0.15, 0.2) is 0 Å². The van der Waals surface area contributed by atoms with Gasteiger partial charge in [0, 0.05) is 26.6 Å². The van der Waals surface area contributed by atoms with E-state index in [1.54, 1.807) is 24.3 Å². The summed E-state index contributed by atoms with van der Waals surface area (Å²) in [5.41, 5.74) is 0.633. The second-order valence-corrected chi connectivity index (χ2v) is 5.26. The van der Waals surface area contributed by atoms with Crippen LogP contribution in [0.3, 0.4) is 0 Å². The molecule has 24 heavy (non-hydrogen) atoms. The maximum atomic E-state index is 12.2. The fourth-order valence-electron chi connectivity index (χ4n) is 2.46. The first-order valence-corrected chi connectivity index (χ1v) is 7.39. The van der Waals surface area contributed by atoms with Crippen LogP contribution in [0.1, 0.15) is 27.1 Å². The highest BCUT2D eigenvalue weighted by Crippen LogP contribution is 2.22. The Bertz CT molecular complexity index is 637. The van der Waals surface area contributed by atoms with Gasteiger partial charge in [-0.15, -0.1) is 0 Å². The van der Waals surface area contributed by atoms with Gasteiger partial charge in [-0.05, 0) is 12.1 Å². The number of hydrogen-bond acceptors (Lipinski definition) is 5. The number of carboxylic acid groups (broad SMARTS) is 1. The summed E-state index contributed by atoms with van der Waals surface area (Å²) in [6, 6.07) is 6.45. The van der Waals surface area contributed by atoms with E-state index in [4.69, 9.17) is 9.84 Å². The van der Waals surface area contributed by atoms with Gasteiger partial charge in [0.25, 0.3) is 11.8 Å². The van der Waals surface area contributed by atoms with Crippen LogP contribution in [0, 0.1) is 0 Å². The van der Waals surface area contributed by atoms with Crippen LogP contribution in [0.15, 0.2) is 24.3 Å². The van der Waals surface area contributed by atoms with Crippen molar-refractivity contribution in [3.8, 4) is 0 Å². The van der Waals surface area contributed by atoms with E-state index >= 15 is 0 Å². The molecule has 2 rings (SSSR count). The molecular formula is C16H18N2O6. The monoisotopic (exact) mass is 334 g/mol. The molecule has 0 spiro atoms. The minimum atomic E-state index is -1.14. The molecule has 0 fully saturated rings. The Labute approximate surface area is 138 Å². The second-order valence-electron chi connectivity index (χ2n) is 5.26. The predicted molar refractivity (Wildman–Crippen MR) is 82.5 cm³/mol. The Hall–Kier alpha value is -2.74. The fraction of sp³-hybridized carbons (Fsp3) is 0.375. The third-order valence-corrected chi connectivity index (χ3v) is 3.67. The summed E-state index contributed by atoms with van der Waals surface area (Å²) >= 11 is 0. The lowest BCUT2D eigenvalue weighted by Gasteiger charge is -2.21. The van der Waals surface area contributed by atoms with Crippen molar-refractivity contribution in [2.45, 2.75) is 6.42 Å². The summed E-state index contributed by atoms with van der Waals surface area (Å²) < 4.78 is 4.85. The van der Waals surface area contributed by atoms with E-state index < -0.39 is 30.2 Å². The van der Waals surface area contributed by atoms with Crippen molar-refractivity contribution < 1.29 is 29.0 Å². The zero-order valence-electron chi connectivity index (χ0n) is 13.2. The van der Waals surface area contributed by atoms with Crippen LogP contribution in [0.5, 0.6) is 0 Å². The Morgan fingerprint density at radius 2 is 1.75 bits per heavy atom. The lowest BCUT2D eigenvalue weighted by Crippen LogP contribution is -2.40. The molecule has 1 N–H and O–H groups in total. The molecule has 0 aliphatic carbocycles. The van der Waals surface area contributed by atoms with Crippen molar-refractivity contribution >= 4 is 23.7 Å². The lowest BCUT2D eigenvalue weighted by molar-refractivity contribution is -0.144. The fourth-order valence-corrected chi connectivity index (χ4v) is 2.46. The van der Waals surface area contributed by atoms with Crippen LogP contribution in [0.4, 0.5) is 0 Å². The number of rotatable bonds is 8. The number of methoxy groups -OCH3 is 1. The number of nitrogens with zero attached hydrogens (tertiary/aromatic N) is 2. The topological polar surface area (TPSA) is 104 Å². The normalized spacial score (nSPS) is 13.1. The number of benzene rings is 1. The zero-order valence-corrected chi connectivity index (χ0v) is 13.2. The van der Waals surface area contributed by atoms with E-state index in [0.29, 0.717) is 11.1 Å². The van der Waals surface area contributed by atoms with E-state index in [9.17, 15) is 19.2 Å². The summed E-state index contributed by atoms with van der Waals surface area (Å²) in [5, 5.41) is 8.86. The molecule has 0 bridgehead atoms. The van der Waals surface area contributed by atoms with Crippen LogP contribution >= 0.6 is 0 Å². The zero-order chi connectivity index (χ0) is 17.7. The molecule has 0 atom stereocenters. The van der Waals surface area contributed by atoms with Crippen LogP contribution < -0.4 is 0 Å². The van der Waals surface area contributed by atoms with Crippen molar-refractivity contribution in [1.82, 2.24) is 9.80 Å². The Balaban J connectivity index is 1.99. The highest BCUT2D eigenvalue weighted by molar-refractivity contribution is 6.21. The predicted octanol–water partition coefficient (Wildman–Crippen LogP) is 0.232. The van der Waals surface area contributed by atoms with Gasteiger partial charge in [0.1, 0.15) is 6.54 Å². The molecule has 1 aliphatic rings. The molecule has 1 heterocycles. The van der Waals surface area contributed by atoms with E-state index in [1.165, 1.54) is 7.11 Å². The molecule has 128 valence electrons. The largest absolute Gasteiger partial charge is 0.480 e. The smallest absolute Gasteiger partial charge is 0.323 e. The van der Waals surface area contributed by atoms with Gasteiger partial charge in [0.2, 0.25) is 5.91 Å². The summed E-state index contributed by atoms with van der Waals surface area (Å²) in [6.45, 7) is -0.214. The average Bonchev–Trinajstić information content (AvgIpc) is 2.80. The van der Waals surface area contributed by atoms with Crippen molar-refractivity contribution in [3.05, 3.63) is 35.4 Å². The number of imide groups is 1. The summed E-state index contributed by atoms with van der Waals surface area (Å²) in [5.74, 6) is -2.47. The summed E-state index contributed by atoms with van der Waals surface area (Å²) in [6.07, 6.45) is -0.136. The van der Waals surface area contributed by atoms with Crippen LogP contribution in [-0.2, 0) is 14.3 Å². The van der Waals surface area contributed by atoms with Crippen LogP contribution in [0.2, 0.25) is 0 Å². The average molecular weight is 334 g/mol. The second kappa shape index (κ2) is 7.69. The first-order chi connectivity index (χ1) is 11.5. The number of carbonyl (C=O) groups is 4. The first-order valence-electron chi connectivity index (χ1n) is 7.39. The van der Waals surface area contributed by atoms with Gasteiger partial charge < -0.3 is 14.7 Å².